The smallest absolute Gasteiger partial charge is 0.222 e. The van der Waals surface area contributed by atoms with E-state index in [1.54, 1.807) is 0 Å². The molecule has 0 aromatic rings. The van der Waals surface area contributed by atoms with Gasteiger partial charge in [-0.15, -0.1) is 0 Å². The minimum Gasteiger partial charge on any atom is -0.356 e. The predicted octanol–water partition coefficient (Wildman–Crippen LogP) is 0.278. The fraction of sp³-hybridized carbons (Fsp3) is 0.800. The number of amides is 2. The van der Waals surface area contributed by atoms with Gasteiger partial charge in [0.25, 0.3) is 0 Å². The molecule has 0 spiro atoms. The maximum Gasteiger partial charge on any atom is 0.222 e. The van der Waals surface area contributed by atoms with Gasteiger partial charge in [-0.1, -0.05) is 0 Å². The van der Waals surface area contributed by atoms with Crippen LogP contribution in [0.4, 0.5) is 0 Å². The molecule has 2 heterocycles. The lowest BCUT2D eigenvalue weighted by molar-refractivity contribution is -0.138. The van der Waals surface area contributed by atoms with Gasteiger partial charge in [-0.3, -0.25) is 9.59 Å². The van der Waals surface area contributed by atoms with Gasteiger partial charge >= 0.3 is 0 Å². The van der Waals surface area contributed by atoms with Gasteiger partial charge in [-0.2, -0.15) is 0 Å². The van der Waals surface area contributed by atoms with Gasteiger partial charge in [-0.25, -0.2) is 0 Å². The Bertz CT molecular complexity index is 253. The van der Waals surface area contributed by atoms with Crippen LogP contribution in [0.1, 0.15) is 32.1 Å². The first-order valence-electron chi connectivity index (χ1n) is 5.33. The third-order valence-electron chi connectivity index (χ3n) is 3.02. The number of carbonyl (C=O) groups excluding carboxylic acids is 2. The van der Waals surface area contributed by atoms with Gasteiger partial charge in [0.15, 0.2) is 0 Å². The van der Waals surface area contributed by atoms with Crippen molar-refractivity contribution in [3.63, 3.8) is 0 Å². The molecule has 1 unspecified atom stereocenters. The summed E-state index contributed by atoms with van der Waals surface area (Å²) in [6.07, 6.45) is 4.17. The molecule has 2 aliphatic rings. The van der Waals surface area contributed by atoms with Crippen LogP contribution in [0.25, 0.3) is 0 Å². The summed E-state index contributed by atoms with van der Waals surface area (Å²) >= 11 is 0. The molecule has 2 fully saturated rings. The summed E-state index contributed by atoms with van der Waals surface area (Å²) in [5.41, 5.74) is 0. The maximum atomic E-state index is 11.6. The van der Waals surface area contributed by atoms with Crippen molar-refractivity contribution < 1.29 is 9.59 Å². The van der Waals surface area contributed by atoms with E-state index in [0.717, 1.165) is 25.8 Å². The summed E-state index contributed by atoms with van der Waals surface area (Å²) in [5, 5.41) is 2.79. The molecule has 0 aromatic carbocycles. The van der Waals surface area contributed by atoms with E-state index < -0.39 is 0 Å². The number of nitrogens with zero attached hydrogens (tertiary/aromatic N) is 1. The van der Waals surface area contributed by atoms with E-state index in [-0.39, 0.29) is 17.9 Å². The summed E-state index contributed by atoms with van der Waals surface area (Å²) in [4.78, 5) is 24.7. The Balaban J connectivity index is 1.98. The van der Waals surface area contributed by atoms with Crippen LogP contribution in [-0.4, -0.2) is 35.8 Å². The van der Waals surface area contributed by atoms with Crippen molar-refractivity contribution in [1.82, 2.24) is 10.2 Å². The highest BCUT2D eigenvalue weighted by Crippen LogP contribution is 2.19. The highest BCUT2D eigenvalue weighted by Gasteiger charge is 2.29. The lowest BCUT2D eigenvalue weighted by Gasteiger charge is -2.36. The van der Waals surface area contributed by atoms with E-state index >= 15 is 0 Å². The van der Waals surface area contributed by atoms with Crippen molar-refractivity contribution in [3.8, 4) is 0 Å². The molecule has 2 amide bonds. The van der Waals surface area contributed by atoms with E-state index in [9.17, 15) is 9.59 Å². The quantitative estimate of drug-likeness (QED) is 0.654. The number of likely N-dealkylation sites (tertiary alicyclic amines) is 1. The monoisotopic (exact) mass is 196 g/mol. The zero-order valence-corrected chi connectivity index (χ0v) is 8.29. The summed E-state index contributed by atoms with van der Waals surface area (Å²) in [6, 6.07) is 0.163. The number of hydrogen-bond donors (Lipinski definition) is 1. The molecule has 1 N–H and O–H groups in total. The lowest BCUT2D eigenvalue weighted by atomic mass is 10.0. The number of rotatable bonds is 1. The van der Waals surface area contributed by atoms with Crippen LogP contribution in [0.3, 0.4) is 0 Å². The topological polar surface area (TPSA) is 49.4 Å². The Morgan fingerprint density at radius 1 is 1.29 bits per heavy atom. The van der Waals surface area contributed by atoms with Gasteiger partial charge in [0.05, 0.1) is 0 Å². The molecule has 0 bridgehead atoms. The second kappa shape index (κ2) is 3.98. The van der Waals surface area contributed by atoms with Crippen molar-refractivity contribution in [3.05, 3.63) is 0 Å². The molecule has 4 heteroatoms. The number of hydrogen-bond acceptors (Lipinski definition) is 2. The molecule has 0 radical (unpaired) electrons. The van der Waals surface area contributed by atoms with Crippen molar-refractivity contribution in [2.75, 3.05) is 13.1 Å². The Kier molecular flexibility index (Phi) is 2.70. The molecular formula is C10H16N2O2. The van der Waals surface area contributed by atoms with Crippen molar-refractivity contribution in [1.29, 1.82) is 0 Å². The fourth-order valence-electron chi connectivity index (χ4n) is 2.25. The SMILES string of the molecule is O=C1CC(N2CCCCC2=O)CCN1. The Morgan fingerprint density at radius 2 is 2.14 bits per heavy atom. The molecule has 2 aliphatic heterocycles. The molecule has 1 atom stereocenters. The van der Waals surface area contributed by atoms with E-state index in [1.807, 2.05) is 4.90 Å². The standard InChI is InChI=1S/C10H16N2O2/c13-9-7-8(4-5-11-9)12-6-2-1-3-10(12)14/h8H,1-7H2,(H,11,13). The third-order valence-corrected chi connectivity index (χ3v) is 3.02. The number of piperidine rings is 2. The Hall–Kier alpha value is -1.06. The van der Waals surface area contributed by atoms with Crippen molar-refractivity contribution in [2.45, 2.75) is 38.1 Å². The largest absolute Gasteiger partial charge is 0.356 e. The van der Waals surface area contributed by atoms with Crippen molar-refractivity contribution >= 4 is 11.8 Å². The van der Waals surface area contributed by atoms with Crippen molar-refractivity contribution in [2.24, 2.45) is 0 Å². The van der Waals surface area contributed by atoms with E-state index in [2.05, 4.69) is 5.32 Å². The minimum absolute atomic E-state index is 0.0830. The van der Waals surface area contributed by atoms with Crippen LogP contribution in [0.2, 0.25) is 0 Å². The summed E-state index contributed by atoms with van der Waals surface area (Å²) in [6.45, 7) is 1.56. The third kappa shape index (κ3) is 1.89. The summed E-state index contributed by atoms with van der Waals surface area (Å²) < 4.78 is 0. The Morgan fingerprint density at radius 3 is 2.86 bits per heavy atom. The van der Waals surface area contributed by atoms with E-state index in [1.165, 1.54) is 0 Å². The summed E-state index contributed by atoms with van der Waals surface area (Å²) in [7, 11) is 0. The van der Waals surface area contributed by atoms with E-state index in [4.69, 9.17) is 0 Å². The van der Waals surface area contributed by atoms with Gasteiger partial charge in [0.1, 0.15) is 0 Å². The second-order valence-electron chi connectivity index (χ2n) is 4.04. The van der Waals surface area contributed by atoms with Crippen LogP contribution in [0.5, 0.6) is 0 Å². The zero-order valence-electron chi connectivity index (χ0n) is 8.29. The highest BCUT2D eigenvalue weighted by molar-refractivity contribution is 5.80. The van der Waals surface area contributed by atoms with Crippen LogP contribution >= 0.6 is 0 Å². The first kappa shape index (κ1) is 9.49. The van der Waals surface area contributed by atoms with Gasteiger partial charge in [-0.05, 0) is 19.3 Å². The van der Waals surface area contributed by atoms with Crippen LogP contribution in [0.15, 0.2) is 0 Å². The normalized spacial score (nSPS) is 28.9. The van der Waals surface area contributed by atoms with Crippen LogP contribution < -0.4 is 5.32 Å². The molecule has 0 saturated carbocycles. The Labute approximate surface area is 83.6 Å². The molecule has 0 aliphatic carbocycles. The first-order valence-corrected chi connectivity index (χ1v) is 5.33. The molecular weight excluding hydrogens is 180 g/mol. The average molecular weight is 196 g/mol. The molecule has 2 rings (SSSR count). The first-order chi connectivity index (χ1) is 6.77. The molecule has 4 nitrogen and oxygen atoms in total. The van der Waals surface area contributed by atoms with Gasteiger partial charge in [0.2, 0.25) is 11.8 Å². The maximum absolute atomic E-state index is 11.6. The van der Waals surface area contributed by atoms with Gasteiger partial charge < -0.3 is 10.2 Å². The number of carbonyl (C=O) groups is 2. The van der Waals surface area contributed by atoms with Crippen LogP contribution in [0, 0.1) is 0 Å². The summed E-state index contributed by atoms with van der Waals surface area (Å²) in [5.74, 6) is 0.315. The second-order valence-corrected chi connectivity index (χ2v) is 4.04. The average Bonchev–Trinajstić information content (AvgIpc) is 2.18. The lowest BCUT2D eigenvalue weighted by Crippen LogP contribution is -2.49. The van der Waals surface area contributed by atoms with Crippen LogP contribution in [-0.2, 0) is 9.59 Å². The fourth-order valence-corrected chi connectivity index (χ4v) is 2.25. The zero-order chi connectivity index (χ0) is 9.97. The predicted molar refractivity (Wildman–Crippen MR) is 51.6 cm³/mol. The van der Waals surface area contributed by atoms with Gasteiger partial charge in [0, 0.05) is 32.0 Å². The molecule has 78 valence electrons. The minimum atomic E-state index is 0.0830. The molecule has 2 saturated heterocycles. The van der Waals surface area contributed by atoms with E-state index in [0.29, 0.717) is 19.4 Å². The molecule has 0 aromatic heterocycles. The number of nitrogens with one attached hydrogen (secondary N) is 1. The highest BCUT2D eigenvalue weighted by atomic mass is 16.2. The molecule has 14 heavy (non-hydrogen) atoms.